The summed E-state index contributed by atoms with van der Waals surface area (Å²) in [7, 11) is -4.07. The van der Waals surface area contributed by atoms with Crippen LogP contribution in [-0.4, -0.2) is 88.8 Å². The van der Waals surface area contributed by atoms with Crippen LogP contribution in [-0.2, 0) is 27.9 Å². The molecule has 0 spiro atoms. The van der Waals surface area contributed by atoms with Gasteiger partial charge in [0.05, 0.1) is 36.6 Å². The predicted molar refractivity (Wildman–Crippen MR) is 191 cm³/mol. The number of hydrogen-bond donors (Lipinski definition) is 2. The zero-order valence-corrected chi connectivity index (χ0v) is 33.6. The summed E-state index contributed by atoms with van der Waals surface area (Å²) in [5, 5.41) is 20.6. The van der Waals surface area contributed by atoms with Gasteiger partial charge in [-0.05, 0) is 67.0 Å². The maximum Gasteiger partial charge on any atom is 0.303 e. The van der Waals surface area contributed by atoms with Crippen molar-refractivity contribution in [1.82, 2.24) is 0 Å². The topological polar surface area (TPSA) is 104 Å². The van der Waals surface area contributed by atoms with E-state index in [1.54, 1.807) is 0 Å². The standard InChI is InChI=1S/C36H70O8Si2/c1-24(18-16-15-17-20-37)25(2)28(39)22-31-33(41-27(4)38)26(3)34-32(42-31)23-30(44-46(13,14)36(8,9)10)29(43-34)19-21-40-45(11,12)35(5,6)7/h24,26,28-34,37,39H,2,15-23H2,1,3-14H3/t24-,26-,28?,29-,30?,31?,32+,33-,34+/m1/s1. The second-order valence-electron chi connectivity index (χ2n) is 17.1. The quantitative estimate of drug-likeness (QED) is 0.0735. The normalized spacial score (nSPS) is 29.2. The summed E-state index contributed by atoms with van der Waals surface area (Å²) in [5.41, 5.74) is 0.768. The molecule has 2 saturated heterocycles. The van der Waals surface area contributed by atoms with Crippen LogP contribution in [0.2, 0.25) is 36.3 Å². The first-order valence-electron chi connectivity index (χ1n) is 17.8. The van der Waals surface area contributed by atoms with Gasteiger partial charge in [-0.3, -0.25) is 4.79 Å². The first kappa shape index (κ1) is 41.6. The molecule has 2 fully saturated rings. The molecule has 0 saturated carbocycles. The summed E-state index contributed by atoms with van der Waals surface area (Å²) in [6.45, 7) is 33.2. The van der Waals surface area contributed by atoms with Gasteiger partial charge in [-0.1, -0.05) is 74.8 Å². The molecule has 46 heavy (non-hydrogen) atoms. The smallest absolute Gasteiger partial charge is 0.303 e. The molecule has 10 heteroatoms. The molecule has 0 amide bonds. The Morgan fingerprint density at radius 3 is 2.13 bits per heavy atom. The Morgan fingerprint density at radius 2 is 1.59 bits per heavy atom. The molecule has 9 atom stereocenters. The van der Waals surface area contributed by atoms with Crippen LogP contribution in [0.25, 0.3) is 0 Å². The van der Waals surface area contributed by atoms with Crippen molar-refractivity contribution in [2.75, 3.05) is 13.2 Å². The lowest BCUT2D eigenvalue weighted by Crippen LogP contribution is -2.62. The largest absolute Gasteiger partial charge is 0.459 e. The molecular formula is C36H70O8Si2. The number of aliphatic hydroxyl groups excluding tert-OH is 2. The Hall–Kier alpha value is -0.596. The van der Waals surface area contributed by atoms with E-state index in [1.807, 2.05) is 0 Å². The molecule has 0 aromatic rings. The maximum atomic E-state index is 12.3. The van der Waals surface area contributed by atoms with Crippen molar-refractivity contribution in [3.05, 3.63) is 12.2 Å². The van der Waals surface area contributed by atoms with Crippen molar-refractivity contribution < 1.29 is 38.1 Å². The first-order chi connectivity index (χ1) is 21.0. The van der Waals surface area contributed by atoms with Gasteiger partial charge in [-0.2, -0.15) is 0 Å². The Labute approximate surface area is 283 Å². The van der Waals surface area contributed by atoms with Gasteiger partial charge < -0.3 is 33.3 Å². The molecule has 0 aromatic heterocycles. The Bertz CT molecular complexity index is 972. The highest BCUT2D eigenvalue weighted by Gasteiger charge is 2.53. The minimum absolute atomic E-state index is 0.0367. The number of hydrogen-bond acceptors (Lipinski definition) is 8. The van der Waals surface area contributed by atoms with E-state index in [4.69, 9.17) is 28.2 Å². The fourth-order valence-electron chi connectivity index (χ4n) is 6.08. The van der Waals surface area contributed by atoms with Gasteiger partial charge in [0.25, 0.3) is 0 Å². The Morgan fingerprint density at radius 1 is 0.978 bits per heavy atom. The fraction of sp³-hybridized carbons (Fsp3) is 0.917. The van der Waals surface area contributed by atoms with E-state index in [1.165, 1.54) is 6.92 Å². The molecule has 3 unspecified atom stereocenters. The molecule has 2 aliphatic heterocycles. The van der Waals surface area contributed by atoms with Gasteiger partial charge >= 0.3 is 5.97 Å². The minimum atomic E-state index is -2.14. The van der Waals surface area contributed by atoms with Crippen LogP contribution in [0.3, 0.4) is 0 Å². The van der Waals surface area contributed by atoms with Crippen LogP contribution in [0, 0.1) is 11.8 Å². The van der Waals surface area contributed by atoms with Gasteiger partial charge in [-0.25, -0.2) is 0 Å². The van der Waals surface area contributed by atoms with Crippen molar-refractivity contribution in [2.24, 2.45) is 11.8 Å². The summed E-state index contributed by atoms with van der Waals surface area (Å²) < 4.78 is 33.2. The van der Waals surface area contributed by atoms with Crippen LogP contribution in [0.4, 0.5) is 0 Å². The van der Waals surface area contributed by atoms with Gasteiger partial charge in [0.1, 0.15) is 6.10 Å². The molecule has 8 nitrogen and oxygen atoms in total. The number of unbranched alkanes of at least 4 members (excludes halogenated alkanes) is 2. The highest BCUT2D eigenvalue weighted by Crippen LogP contribution is 2.44. The van der Waals surface area contributed by atoms with Gasteiger partial charge in [-0.15, -0.1) is 0 Å². The van der Waals surface area contributed by atoms with E-state index in [9.17, 15) is 9.90 Å². The van der Waals surface area contributed by atoms with Crippen molar-refractivity contribution in [2.45, 2.75) is 186 Å². The maximum absolute atomic E-state index is 12.3. The van der Waals surface area contributed by atoms with Crippen LogP contribution in [0.1, 0.15) is 107 Å². The molecule has 2 N–H and O–H groups in total. The summed E-state index contributed by atoms with van der Waals surface area (Å²) in [5.74, 6) is -0.380. The van der Waals surface area contributed by atoms with E-state index in [0.717, 1.165) is 37.7 Å². The SMILES string of the molecule is C=C(C(O)CC1O[C@H]2CC(O[Si](C)(C)C(C)(C)C)[C@@H](CCO[Si](C)(C)C(C)(C)C)O[C@H]2[C@H](C)[C@H]1OC(C)=O)[C@H](C)CCCCCO. The van der Waals surface area contributed by atoms with Gasteiger partial charge in [0.15, 0.2) is 16.6 Å². The third kappa shape index (κ3) is 11.2. The number of carbonyl (C=O) groups is 1. The average Bonchev–Trinajstić information content (AvgIpc) is 2.91. The lowest BCUT2D eigenvalue weighted by molar-refractivity contribution is -0.269. The zero-order valence-electron chi connectivity index (χ0n) is 31.6. The Kier molecular flexibility index (Phi) is 15.3. The lowest BCUT2D eigenvalue weighted by Gasteiger charge is -2.52. The van der Waals surface area contributed by atoms with Crippen LogP contribution in [0.15, 0.2) is 12.2 Å². The number of esters is 1. The van der Waals surface area contributed by atoms with Crippen molar-refractivity contribution in [1.29, 1.82) is 0 Å². The van der Waals surface area contributed by atoms with Crippen molar-refractivity contribution in [3.63, 3.8) is 0 Å². The number of carbonyl (C=O) groups excluding carboxylic acids is 1. The third-order valence-electron chi connectivity index (χ3n) is 11.4. The monoisotopic (exact) mass is 686 g/mol. The molecule has 2 aliphatic rings. The van der Waals surface area contributed by atoms with Crippen molar-refractivity contribution in [3.8, 4) is 0 Å². The second kappa shape index (κ2) is 16.9. The molecule has 2 rings (SSSR count). The van der Waals surface area contributed by atoms with E-state index < -0.39 is 34.9 Å². The number of fused-ring (bicyclic) bond motifs is 1. The van der Waals surface area contributed by atoms with Crippen LogP contribution in [0.5, 0.6) is 0 Å². The molecule has 0 radical (unpaired) electrons. The summed E-state index contributed by atoms with van der Waals surface area (Å²) >= 11 is 0. The van der Waals surface area contributed by atoms with Crippen LogP contribution >= 0.6 is 0 Å². The highest BCUT2D eigenvalue weighted by atomic mass is 28.4. The predicted octanol–water partition coefficient (Wildman–Crippen LogP) is 7.78. The Balaban J connectivity index is 2.29. The fourth-order valence-corrected chi connectivity index (χ4v) is 8.50. The second-order valence-corrected chi connectivity index (χ2v) is 26.7. The summed E-state index contributed by atoms with van der Waals surface area (Å²) in [6.07, 6.45) is 2.61. The molecule has 0 aromatic carbocycles. The number of rotatable bonds is 16. The van der Waals surface area contributed by atoms with E-state index >= 15 is 0 Å². The highest BCUT2D eigenvalue weighted by molar-refractivity contribution is 6.74. The van der Waals surface area contributed by atoms with Crippen LogP contribution < -0.4 is 0 Å². The molecular weight excluding hydrogens is 617 g/mol. The van der Waals surface area contributed by atoms with Gasteiger partial charge in [0, 0.05) is 38.9 Å². The molecule has 0 bridgehead atoms. The molecule has 270 valence electrons. The summed E-state index contributed by atoms with van der Waals surface area (Å²) in [4.78, 5) is 12.3. The molecule has 0 aliphatic carbocycles. The minimum Gasteiger partial charge on any atom is -0.459 e. The number of aliphatic hydroxyl groups is 2. The zero-order chi connectivity index (χ0) is 35.3. The van der Waals surface area contributed by atoms with E-state index in [-0.39, 0.29) is 58.9 Å². The number of ether oxygens (including phenoxy) is 3. The summed E-state index contributed by atoms with van der Waals surface area (Å²) in [6, 6.07) is 0. The van der Waals surface area contributed by atoms with Crippen molar-refractivity contribution >= 4 is 22.6 Å². The first-order valence-corrected chi connectivity index (χ1v) is 23.6. The lowest BCUT2D eigenvalue weighted by atomic mass is 9.80. The van der Waals surface area contributed by atoms with E-state index in [2.05, 4.69) is 88.2 Å². The molecule has 2 heterocycles. The average molecular weight is 687 g/mol. The third-order valence-corrected chi connectivity index (χ3v) is 20.4. The van der Waals surface area contributed by atoms with Gasteiger partial charge in [0.2, 0.25) is 0 Å². The van der Waals surface area contributed by atoms with E-state index in [0.29, 0.717) is 19.4 Å².